The maximum Gasteiger partial charge on any atom is 0.163 e. The summed E-state index contributed by atoms with van der Waals surface area (Å²) in [6.07, 6.45) is 5.04. The van der Waals surface area contributed by atoms with Crippen molar-refractivity contribution in [2.45, 2.75) is 0 Å². The summed E-state index contributed by atoms with van der Waals surface area (Å²) in [7, 11) is 0. The van der Waals surface area contributed by atoms with Crippen LogP contribution in [0, 0.1) is 0 Å². The molecule has 0 aliphatic heterocycles. The van der Waals surface area contributed by atoms with E-state index >= 15 is 0 Å². The number of hydrogen-bond donors (Lipinski definition) is 0. The average Bonchev–Trinajstić information content (AvgIpc) is 2.90. The molecule has 17 heavy (non-hydrogen) atoms. The topological polar surface area (TPSA) is 43.6 Å². The Morgan fingerprint density at radius 3 is 2.41 bits per heavy atom. The molecule has 0 spiro atoms. The Kier molecular flexibility index (Phi) is 2.38. The van der Waals surface area contributed by atoms with Gasteiger partial charge in [-0.2, -0.15) is 5.10 Å². The van der Waals surface area contributed by atoms with E-state index in [-0.39, 0.29) is 0 Å². The predicted molar refractivity (Wildman–Crippen MR) is 64.6 cm³/mol. The first-order chi connectivity index (χ1) is 8.45. The van der Waals surface area contributed by atoms with E-state index < -0.39 is 0 Å². The fraction of sp³-hybridized carbons (Fsp3) is 0. The summed E-state index contributed by atoms with van der Waals surface area (Å²) in [5.74, 6) is 0.830. The minimum absolute atomic E-state index is 0.830. The van der Waals surface area contributed by atoms with Crippen LogP contribution in [0.5, 0.6) is 0 Å². The molecule has 1 aromatic carbocycles. The second kappa shape index (κ2) is 4.17. The largest absolute Gasteiger partial charge is 0.265 e. The molecule has 4 nitrogen and oxygen atoms in total. The number of hydrogen-bond acceptors (Lipinski definition) is 3. The van der Waals surface area contributed by atoms with Gasteiger partial charge in [-0.3, -0.25) is 4.98 Å². The second-order valence-electron chi connectivity index (χ2n) is 3.57. The van der Waals surface area contributed by atoms with Crippen molar-refractivity contribution in [2.75, 3.05) is 0 Å². The third-order valence-electron chi connectivity index (χ3n) is 2.49. The van der Waals surface area contributed by atoms with Gasteiger partial charge in [0.05, 0.1) is 5.69 Å². The first-order valence-electron chi connectivity index (χ1n) is 5.31. The number of nitrogens with zero attached hydrogens (tertiary/aromatic N) is 4. The van der Waals surface area contributed by atoms with E-state index in [2.05, 4.69) is 15.1 Å². The van der Waals surface area contributed by atoms with Crippen LogP contribution in [-0.2, 0) is 0 Å². The van der Waals surface area contributed by atoms with E-state index in [1.165, 1.54) is 0 Å². The van der Waals surface area contributed by atoms with Crippen molar-refractivity contribution in [3.05, 3.63) is 61.2 Å². The minimum atomic E-state index is 0.830. The van der Waals surface area contributed by atoms with Gasteiger partial charge in [0.25, 0.3) is 0 Å². The molecule has 4 heteroatoms. The van der Waals surface area contributed by atoms with E-state index in [1.54, 1.807) is 23.4 Å². The summed E-state index contributed by atoms with van der Waals surface area (Å²) in [5, 5.41) is 4.24. The molecule has 0 unspecified atom stereocenters. The molecule has 3 aromatic rings. The van der Waals surface area contributed by atoms with Crippen LogP contribution >= 0.6 is 0 Å². The van der Waals surface area contributed by atoms with Crippen LogP contribution in [0.3, 0.4) is 0 Å². The van der Waals surface area contributed by atoms with Crippen molar-refractivity contribution in [3.8, 4) is 17.1 Å². The lowest BCUT2D eigenvalue weighted by Gasteiger charge is -2.04. The van der Waals surface area contributed by atoms with E-state index in [9.17, 15) is 0 Å². The normalized spacial score (nSPS) is 10.4. The van der Waals surface area contributed by atoms with Gasteiger partial charge in [0, 0.05) is 18.0 Å². The Labute approximate surface area is 98.6 Å². The van der Waals surface area contributed by atoms with Crippen molar-refractivity contribution in [1.82, 2.24) is 19.7 Å². The average molecular weight is 222 g/mol. The molecule has 0 amide bonds. The maximum absolute atomic E-state index is 4.29. The summed E-state index contributed by atoms with van der Waals surface area (Å²) >= 11 is 0. The highest BCUT2D eigenvalue weighted by molar-refractivity contribution is 5.57. The summed E-state index contributed by atoms with van der Waals surface area (Å²) < 4.78 is 1.80. The minimum Gasteiger partial charge on any atom is -0.265 e. The third-order valence-corrected chi connectivity index (χ3v) is 2.49. The van der Waals surface area contributed by atoms with Crippen LogP contribution < -0.4 is 0 Å². The van der Waals surface area contributed by atoms with Crippen molar-refractivity contribution < 1.29 is 0 Å². The van der Waals surface area contributed by atoms with Crippen molar-refractivity contribution in [1.29, 1.82) is 0 Å². The van der Waals surface area contributed by atoms with Crippen molar-refractivity contribution in [3.63, 3.8) is 0 Å². The van der Waals surface area contributed by atoms with Crippen LogP contribution in [0.4, 0.5) is 0 Å². The van der Waals surface area contributed by atoms with Gasteiger partial charge in [-0.1, -0.05) is 30.3 Å². The molecule has 0 saturated carbocycles. The van der Waals surface area contributed by atoms with Gasteiger partial charge < -0.3 is 0 Å². The second-order valence-corrected chi connectivity index (χ2v) is 3.57. The van der Waals surface area contributed by atoms with Crippen molar-refractivity contribution >= 4 is 0 Å². The summed E-state index contributed by atoms with van der Waals surface area (Å²) in [6, 6.07) is 13.8. The molecule has 2 aromatic heterocycles. The molecule has 82 valence electrons. The van der Waals surface area contributed by atoms with E-state index in [4.69, 9.17) is 0 Å². The molecular formula is C13H10N4. The third kappa shape index (κ3) is 1.80. The van der Waals surface area contributed by atoms with Gasteiger partial charge in [0.2, 0.25) is 0 Å². The zero-order chi connectivity index (χ0) is 11.5. The molecular weight excluding hydrogens is 212 g/mol. The van der Waals surface area contributed by atoms with E-state index in [1.807, 2.05) is 42.5 Å². The van der Waals surface area contributed by atoms with Crippen LogP contribution in [0.1, 0.15) is 0 Å². The predicted octanol–water partition coefficient (Wildman–Crippen LogP) is 2.33. The Morgan fingerprint density at radius 2 is 1.65 bits per heavy atom. The Hall–Kier alpha value is -2.49. The van der Waals surface area contributed by atoms with Gasteiger partial charge >= 0.3 is 0 Å². The molecule has 0 bridgehead atoms. The number of benzene rings is 1. The van der Waals surface area contributed by atoms with Gasteiger partial charge in [-0.15, -0.1) is 0 Å². The van der Waals surface area contributed by atoms with E-state index in [0.717, 1.165) is 17.1 Å². The van der Waals surface area contributed by atoms with Gasteiger partial charge in [-0.25, -0.2) is 9.67 Å². The zero-order valence-electron chi connectivity index (χ0n) is 9.06. The standard InChI is InChI=1S/C13H10N4/c1-2-4-11(5-3-1)13-15-10-16-17(13)12-6-8-14-9-7-12/h1-10H. The lowest BCUT2D eigenvalue weighted by molar-refractivity contribution is 0.884. The molecule has 0 saturated heterocycles. The molecule has 0 aliphatic rings. The SMILES string of the molecule is c1ccc(-c2ncnn2-c2ccncc2)cc1. The van der Waals surface area contributed by atoms with Gasteiger partial charge in [-0.05, 0) is 12.1 Å². The van der Waals surface area contributed by atoms with Crippen molar-refractivity contribution in [2.24, 2.45) is 0 Å². The van der Waals surface area contributed by atoms with Gasteiger partial charge in [0.1, 0.15) is 6.33 Å². The lowest BCUT2D eigenvalue weighted by Crippen LogP contribution is -1.99. The van der Waals surface area contributed by atoms with E-state index in [0.29, 0.717) is 0 Å². The van der Waals surface area contributed by atoms with Crippen LogP contribution in [0.15, 0.2) is 61.2 Å². The number of rotatable bonds is 2. The number of aromatic nitrogens is 4. The summed E-state index contributed by atoms with van der Waals surface area (Å²) in [4.78, 5) is 8.29. The number of pyridine rings is 1. The zero-order valence-corrected chi connectivity index (χ0v) is 9.06. The van der Waals surface area contributed by atoms with Gasteiger partial charge in [0.15, 0.2) is 5.82 Å². The fourth-order valence-corrected chi connectivity index (χ4v) is 1.70. The Balaban J connectivity index is 2.13. The smallest absolute Gasteiger partial charge is 0.163 e. The molecule has 0 aliphatic carbocycles. The Bertz CT molecular complexity index is 548. The van der Waals surface area contributed by atoms with Crippen LogP contribution in [-0.4, -0.2) is 19.7 Å². The van der Waals surface area contributed by atoms with Crippen LogP contribution in [0.2, 0.25) is 0 Å². The highest BCUT2D eigenvalue weighted by atomic mass is 15.3. The first-order valence-corrected chi connectivity index (χ1v) is 5.31. The monoisotopic (exact) mass is 222 g/mol. The highest BCUT2D eigenvalue weighted by Gasteiger charge is 2.07. The Morgan fingerprint density at radius 1 is 0.882 bits per heavy atom. The molecule has 0 radical (unpaired) electrons. The first kappa shape index (κ1) is 9.72. The van der Waals surface area contributed by atoms with Crippen LogP contribution in [0.25, 0.3) is 17.1 Å². The molecule has 0 N–H and O–H groups in total. The molecule has 3 rings (SSSR count). The lowest BCUT2D eigenvalue weighted by atomic mass is 10.2. The molecule has 2 heterocycles. The molecule has 0 fully saturated rings. The quantitative estimate of drug-likeness (QED) is 0.668. The highest BCUT2D eigenvalue weighted by Crippen LogP contribution is 2.18. The maximum atomic E-state index is 4.29. The molecule has 0 atom stereocenters. The summed E-state index contributed by atoms with van der Waals surface area (Å²) in [5.41, 5.74) is 2.00. The summed E-state index contributed by atoms with van der Waals surface area (Å²) in [6.45, 7) is 0. The fourth-order valence-electron chi connectivity index (χ4n) is 1.70.